The van der Waals surface area contributed by atoms with Gasteiger partial charge < -0.3 is 24.1 Å². The minimum atomic E-state index is -0.416. The standard InChI is InChI=1S/C20H21N3O4/c24-20(21-12-15-7-8-18-19(11-15)27-14-26-18)25-10-4-3-9-23-13-22-16-5-1-2-6-17(16)23/h1-2,5-8,11,13H,3-4,9-10,12,14H2,(H,21,24). The van der Waals surface area contributed by atoms with Gasteiger partial charge in [-0.05, 0) is 42.7 Å². The lowest BCUT2D eigenvalue weighted by molar-refractivity contribution is 0.143. The van der Waals surface area contributed by atoms with E-state index in [1.54, 1.807) is 0 Å². The Morgan fingerprint density at radius 1 is 1.15 bits per heavy atom. The van der Waals surface area contributed by atoms with Crippen LogP contribution in [0, 0.1) is 0 Å². The molecule has 140 valence electrons. The molecule has 1 aliphatic rings. The van der Waals surface area contributed by atoms with Gasteiger partial charge in [-0.15, -0.1) is 0 Å². The summed E-state index contributed by atoms with van der Waals surface area (Å²) in [7, 11) is 0. The Balaban J connectivity index is 1.15. The Hall–Kier alpha value is -3.22. The van der Waals surface area contributed by atoms with E-state index in [-0.39, 0.29) is 6.79 Å². The molecule has 4 rings (SSSR count). The number of benzene rings is 2. The monoisotopic (exact) mass is 367 g/mol. The number of unbranched alkanes of at least 4 members (excludes halogenated alkanes) is 1. The highest BCUT2D eigenvalue weighted by Crippen LogP contribution is 2.32. The molecule has 2 aromatic carbocycles. The average Bonchev–Trinajstić information content (AvgIpc) is 3.32. The molecule has 1 N–H and O–H groups in total. The highest BCUT2D eigenvalue weighted by atomic mass is 16.7. The van der Waals surface area contributed by atoms with Gasteiger partial charge >= 0.3 is 6.09 Å². The first-order valence-corrected chi connectivity index (χ1v) is 8.98. The summed E-state index contributed by atoms with van der Waals surface area (Å²) in [4.78, 5) is 16.2. The van der Waals surface area contributed by atoms with Gasteiger partial charge in [-0.25, -0.2) is 9.78 Å². The van der Waals surface area contributed by atoms with Gasteiger partial charge in [-0.2, -0.15) is 0 Å². The van der Waals surface area contributed by atoms with E-state index in [4.69, 9.17) is 14.2 Å². The lowest BCUT2D eigenvalue weighted by Gasteiger charge is -2.08. The van der Waals surface area contributed by atoms with Crippen molar-refractivity contribution in [3.8, 4) is 11.5 Å². The summed E-state index contributed by atoms with van der Waals surface area (Å²) >= 11 is 0. The molecule has 2 heterocycles. The number of alkyl carbamates (subject to hydrolysis) is 1. The lowest BCUT2D eigenvalue weighted by Crippen LogP contribution is -2.24. The fourth-order valence-corrected chi connectivity index (χ4v) is 3.01. The summed E-state index contributed by atoms with van der Waals surface area (Å²) in [6.45, 7) is 1.86. The number of rotatable bonds is 7. The molecule has 0 aliphatic carbocycles. The molecular weight excluding hydrogens is 346 g/mol. The Labute approximate surface area is 156 Å². The van der Waals surface area contributed by atoms with Crippen molar-refractivity contribution in [3.63, 3.8) is 0 Å². The van der Waals surface area contributed by atoms with Gasteiger partial charge in [0, 0.05) is 13.1 Å². The minimum Gasteiger partial charge on any atom is -0.454 e. The molecule has 7 heteroatoms. The van der Waals surface area contributed by atoms with Crippen molar-refractivity contribution >= 4 is 17.1 Å². The predicted octanol–water partition coefficient (Wildman–Crippen LogP) is 3.47. The van der Waals surface area contributed by atoms with Crippen molar-refractivity contribution in [3.05, 3.63) is 54.4 Å². The van der Waals surface area contributed by atoms with Crippen LogP contribution in [0.15, 0.2) is 48.8 Å². The van der Waals surface area contributed by atoms with E-state index in [2.05, 4.69) is 20.9 Å². The first-order chi connectivity index (χ1) is 13.3. The molecule has 27 heavy (non-hydrogen) atoms. The number of imidazole rings is 1. The van der Waals surface area contributed by atoms with Crippen LogP contribution in [0.25, 0.3) is 11.0 Å². The van der Waals surface area contributed by atoms with Crippen LogP contribution in [0.1, 0.15) is 18.4 Å². The van der Waals surface area contributed by atoms with Crippen molar-refractivity contribution in [2.45, 2.75) is 25.9 Å². The second-order valence-electron chi connectivity index (χ2n) is 6.31. The normalized spacial score (nSPS) is 12.3. The maximum atomic E-state index is 11.8. The van der Waals surface area contributed by atoms with Gasteiger partial charge in [0.1, 0.15) is 0 Å². The molecule has 0 saturated heterocycles. The Kier molecular flexibility index (Phi) is 5.09. The number of carbonyl (C=O) groups is 1. The number of nitrogens with one attached hydrogen (secondary N) is 1. The number of aromatic nitrogens is 2. The smallest absolute Gasteiger partial charge is 0.407 e. The molecule has 1 aromatic heterocycles. The average molecular weight is 367 g/mol. The van der Waals surface area contributed by atoms with Gasteiger partial charge in [-0.3, -0.25) is 0 Å². The van der Waals surface area contributed by atoms with E-state index in [0.29, 0.717) is 18.9 Å². The summed E-state index contributed by atoms with van der Waals surface area (Å²) < 4.78 is 17.9. The molecule has 0 unspecified atom stereocenters. The first-order valence-electron chi connectivity index (χ1n) is 8.98. The maximum Gasteiger partial charge on any atom is 0.407 e. The predicted molar refractivity (Wildman–Crippen MR) is 99.7 cm³/mol. The SMILES string of the molecule is O=C(NCc1ccc2c(c1)OCO2)OCCCCn1cnc2ccccc21. The van der Waals surface area contributed by atoms with Crippen LogP contribution in [-0.4, -0.2) is 29.0 Å². The van der Waals surface area contributed by atoms with Crippen LogP contribution in [0.5, 0.6) is 11.5 Å². The van der Waals surface area contributed by atoms with Crippen molar-refractivity contribution in [2.75, 3.05) is 13.4 Å². The van der Waals surface area contributed by atoms with E-state index in [0.717, 1.165) is 41.7 Å². The zero-order valence-corrected chi connectivity index (χ0v) is 14.9. The van der Waals surface area contributed by atoms with E-state index >= 15 is 0 Å². The number of fused-ring (bicyclic) bond motifs is 2. The van der Waals surface area contributed by atoms with Crippen LogP contribution in [0.2, 0.25) is 0 Å². The van der Waals surface area contributed by atoms with Crippen molar-refractivity contribution in [2.24, 2.45) is 0 Å². The van der Waals surface area contributed by atoms with E-state index < -0.39 is 6.09 Å². The third-order valence-electron chi connectivity index (χ3n) is 4.43. The van der Waals surface area contributed by atoms with Crippen molar-refractivity contribution < 1.29 is 19.0 Å². The van der Waals surface area contributed by atoms with Crippen LogP contribution >= 0.6 is 0 Å². The fraction of sp³-hybridized carbons (Fsp3) is 0.300. The van der Waals surface area contributed by atoms with Crippen LogP contribution < -0.4 is 14.8 Å². The maximum absolute atomic E-state index is 11.8. The van der Waals surface area contributed by atoms with Gasteiger partial charge in [0.15, 0.2) is 11.5 Å². The molecule has 1 amide bonds. The van der Waals surface area contributed by atoms with Gasteiger partial charge in [0.25, 0.3) is 0 Å². The molecule has 1 aliphatic heterocycles. The number of para-hydroxylation sites is 2. The third-order valence-corrected chi connectivity index (χ3v) is 4.43. The van der Waals surface area contributed by atoms with Gasteiger partial charge in [0.2, 0.25) is 6.79 Å². The molecule has 0 radical (unpaired) electrons. The number of nitrogens with zero attached hydrogens (tertiary/aromatic N) is 2. The second kappa shape index (κ2) is 7.99. The molecule has 0 spiro atoms. The molecule has 0 saturated carbocycles. The molecule has 3 aromatic rings. The fourth-order valence-electron chi connectivity index (χ4n) is 3.01. The Morgan fingerprint density at radius 2 is 2.04 bits per heavy atom. The Bertz CT molecular complexity index is 938. The molecule has 0 atom stereocenters. The number of ether oxygens (including phenoxy) is 3. The van der Waals surface area contributed by atoms with Crippen LogP contribution in [-0.2, 0) is 17.8 Å². The van der Waals surface area contributed by atoms with E-state index in [1.807, 2.05) is 42.7 Å². The number of aryl methyl sites for hydroxylation is 1. The summed E-state index contributed by atoms with van der Waals surface area (Å²) in [6.07, 6.45) is 3.14. The highest BCUT2D eigenvalue weighted by molar-refractivity contribution is 5.74. The molecular formula is C20H21N3O4. The number of hydrogen-bond acceptors (Lipinski definition) is 5. The van der Waals surface area contributed by atoms with Crippen molar-refractivity contribution in [1.82, 2.24) is 14.9 Å². The third kappa shape index (κ3) is 4.13. The molecule has 7 nitrogen and oxygen atoms in total. The van der Waals surface area contributed by atoms with Crippen molar-refractivity contribution in [1.29, 1.82) is 0 Å². The van der Waals surface area contributed by atoms with Gasteiger partial charge in [-0.1, -0.05) is 18.2 Å². The lowest BCUT2D eigenvalue weighted by atomic mass is 10.2. The minimum absolute atomic E-state index is 0.239. The summed E-state index contributed by atoms with van der Waals surface area (Å²) in [5.74, 6) is 1.43. The number of hydrogen-bond donors (Lipinski definition) is 1. The molecule has 0 bridgehead atoms. The summed E-state index contributed by atoms with van der Waals surface area (Å²) in [5.41, 5.74) is 3.06. The zero-order chi connectivity index (χ0) is 18.5. The van der Waals surface area contributed by atoms with Gasteiger partial charge in [0.05, 0.1) is 24.0 Å². The Morgan fingerprint density at radius 3 is 3.00 bits per heavy atom. The van der Waals surface area contributed by atoms with Crippen LogP contribution in [0.4, 0.5) is 4.79 Å². The second-order valence-corrected chi connectivity index (χ2v) is 6.31. The zero-order valence-electron chi connectivity index (χ0n) is 14.9. The number of carbonyl (C=O) groups excluding carboxylic acids is 1. The number of amides is 1. The summed E-state index contributed by atoms with van der Waals surface area (Å²) in [6, 6.07) is 13.6. The van der Waals surface area contributed by atoms with E-state index in [9.17, 15) is 4.79 Å². The largest absolute Gasteiger partial charge is 0.454 e. The topological polar surface area (TPSA) is 74.6 Å². The van der Waals surface area contributed by atoms with E-state index in [1.165, 1.54) is 0 Å². The molecule has 0 fully saturated rings. The first kappa shape index (κ1) is 17.2. The summed E-state index contributed by atoms with van der Waals surface area (Å²) in [5, 5.41) is 2.75. The quantitative estimate of drug-likeness (QED) is 0.647. The highest BCUT2D eigenvalue weighted by Gasteiger charge is 2.13. The van der Waals surface area contributed by atoms with Crippen LogP contribution in [0.3, 0.4) is 0 Å².